The molecule has 0 aliphatic carbocycles. The highest BCUT2D eigenvalue weighted by atomic mass is 32.2. The number of carbonyl (C=O) groups is 1. The van der Waals surface area contributed by atoms with Crippen molar-refractivity contribution in [2.45, 2.75) is 17.6 Å². The summed E-state index contributed by atoms with van der Waals surface area (Å²) in [7, 11) is 1.33. The lowest BCUT2D eigenvalue weighted by Gasteiger charge is -2.03. The molecule has 0 saturated carbocycles. The van der Waals surface area contributed by atoms with Crippen LogP contribution in [0.15, 0.2) is 39.6 Å². The summed E-state index contributed by atoms with van der Waals surface area (Å²) in [6.07, 6.45) is 0. The van der Waals surface area contributed by atoms with Crippen molar-refractivity contribution < 1.29 is 13.9 Å². The van der Waals surface area contributed by atoms with Crippen molar-refractivity contribution in [2.24, 2.45) is 0 Å². The Bertz CT molecular complexity index is 592. The minimum Gasteiger partial charge on any atom is -0.463 e. The van der Waals surface area contributed by atoms with E-state index in [1.54, 1.807) is 23.9 Å². The number of furan rings is 1. The third-order valence-electron chi connectivity index (χ3n) is 2.67. The summed E-state index contributed by atoms with van der Waals surface area (Å²) >= 11 is 1.63. The van der Waals surface area contributed by atoms with E-state index in [-0.39, 0.29) is 5.76 Å². The molecular weight excluding hydrogens is 262 g/mol. The molecule has 0 fully saturated rings. The zero-order valence-corrected chi connectivity index (χ0v) is 11.6. The van der Waals surface area contributed by atoms with Crippen molar-refractivity contribution >= 4 is 23.4 Å². The highest BCUT2D eigenvalue weighted by Crippen LogP contribution is 2.26. The molecule has 1 aromatic carbocycles. The van der Waals surface area contributed by atoms with E-state index in [1.165, 1.54) is 7.11 Å². The molecule has 5 heteroatoms. The molecule has 0 unspecified atom stereocenters. The van der Waals surface area contributed by atoms with Gasteiger partial charge in [0.2, 0.25) is 5.76 Å². The number of aryl methyl sites for hydroxylation is 1. The van der Waals surface area contributed by atoms with Crippen molar-refractivity contribution in [1.82, 2.24) is 0 Å². The first kappa shape index (κ1) is 13.5. The van der Waals surface area contributed by atoms with Gasteiger partial charge in [-0.3, -0.25) is 0 Å². The third-order valence-corrected chi connectivity index (χ3v) is 3.69. The van der Waals surface area contributed by atoms with E-state index in [0.29, 0.717) is 5.75 Å². The van der Waals surface area contributed by atoms with Gasteiger partial charge in [-0.2, -0.15) is 0 Å². The van der Waals surface area contributed by atoms with Crippen molar-refractivity contribution in [3.05, 3.63) is 47.4 Å². The number of nitrogen functional groups attached to an aromatic ring is 1. The number of rotatable bonds is 4. The fourth-order valence-corrected chi connectivity index (χ4v) is 2.45. The maximum atomic E-state index is 11.2. The highest BCUT2D eigenvalue weighted by molar-refractivity contribution is 7.98. The van der Waals surface area contributed by atoms with Gasteiger partial charge in [-0.25, -0.2) is 4.79 Å². The monoisotopic (exact) mass is 277 g/mol. The van der Waals surface area contributed by atoms with Crippen LogP contribution in [0.3, 0.4) is 0 Å². The zero-order valence-electron chi connectivity index (χ0n) is 10.8. The van der Waals surface area contributed by atoms with Crippen LogP contribution in [0.1, 0.15) is 21.9 Å². The van der Waals surface area contributed by atoms with E-state index in [2.05, 4.69) is 4.74 Å². The number of methoxy groups -OCH3 is 1. The number of benzene rings is 1. The normalized spacial score (nSPS) is 10.4. The summed E-state index contributed by atoms with van der Waals surface area (Å²) < 4.78 is 9.98. The number of ether oxygens (including phenoxy) is 1. The fourth-order valence-electron chi connectivity index (χ4n) is 1.56. The van der Waals surface area contributed by atoms with Crippen LogP contribution in [-0.2, 0) is 10.5 Å². The van der Waals surface area contributed by atoms with Crippen molar-refractivity contribution in [1.29, 1.82) is 0 Å². The lowest BCUT2D eigenvalue weighted by Crippen LogP contribution is -1.98. The first-order valence-electron chi connectivity index (χ1n) is 5.76. The predicted octanol–water partition coefficient (Wildman–Crippen LogP) is 3.25. The molecule has 100 valence electrons. The van der Waals surface area contributed by atoms with Gasteiger partial charge >= 0.3 is 5.97 Å². The predicted molar refractivity (Wildman–Crippen MR) is 75.2 cm³/mol. The highest BCUT2D eigenvalue weighted by Gasteiger charge is 2.11. The summed E-state index contributed by atoms with van der Waals surface area (Å²) in [5, 5.41) is 0. The fraction of sp³-hybridized carbons (Fsp3) is 0.214. The molecule has 0 radical (unpaired) electrons. The lowest BCUT2D eigenvalue weighted by molar-refractivity contribution is 0.0563. The largest absolute Gasteiger partial charge is 0.463 e. The summed E-state index contributed by atoms with van der Waals surface area (Å²) in [6, 6.07) is 9.29. The number of nitrogens with two attached hydrogens (primary N) is 1. The molecule has 4 nitrogen and oxygen atoms in total. The molecule has 0 aliphatic rings. The molecule has 0 bridgehead atoms. The van der Waals surface area contributed by atoms with E-state index in [9.17, 15) is 4.79 Å². The molecule has 19 heavy (non-hydrogen) atoms. The molecule has 0 saturated heterocycles. The molecule has 0 aliphatic heterocycles. The third kappa shape index (κ3) is 3.32. The van der Waals surface area contributed by atoms with Crippen LogP contribution in [0.5, 0.6) is 0 Å². The number of thioether (sulfide) groups is 1. The smallest absolute Gasteiger partial charge is 0.373 e. The topological polar surface area (TPSA) is 65.5 Å². The number of hydrogen-bond donors (Lipinski definition) is 1. The second-order valence-electron chi connectivity index (χ2n) is 4.06. The molecule has 0 spiro atoms. The first-order chi connectivity index (χ1) is 9.10. The molecule has 0 atom stereocenters. The van der Waals surface area contributed by atoms with Crippen molar-refractivity contribution in [2.75, 3.05) is 12.8 Å². The maximum absolute atomic E-state index is 11.2. The Morgan fingerprint density at radius 3 is 2.84 bits per heavy atom. The number of hydrogen-bond acceptors (Lipinski definition) is 5. The van der Waals surface area contributed by atoms with E-state index in [1.807, 2.05) is 25.1 Å². The van der Waals surface area contributed by atoms with Gasteiger partial charge in [0.1, 0.15) is 5.76 Å². The number of carbonyl (C=O) groups excluding carboxylic acids is 1. The van der Waals surface area contributed by atoms with E-state index in [0.717, 1.165) is 21.9 Å². The van der Waals surface area contributed by atoms with E-state index in [4.69, 9.17) is 10.2 Å². The van der Waals surface area contributed by atoms with Crippen LogP contribution in [0.2, 0.25) is 0 Å². The Hall–Kier alpha value is -1.88. The summed E-state index contributed by atoms with van der Waals surface area (Å²) in [4.78, 5) is 12.4. The van der Waals surface area contributed by atoms with Crippen LogP contribution in [0.25, 0.3) is 0 Å². The molecule has 2 aromatic rings. The van der Waals surface area contributed by atoms with Gasteiger partial charge < -0.3 is 14.9 Å². The second-order valence-corrected chi connectivity index (χ2v) is 5.11. The first-order valence-corrected chi connectivity index (χ1v) is 6.74. The Kier molecular flexibility index (Phi) is 4.16. The van der Waals surface area contributed by atoms with Crippen LogP contribution in [-0.4, -0.2) is 13.1 Å². The summed E-state index contributed by atoms with van der Waals surface area (Å²) in [5.41, 5.74) is 7.61. The molecule has 2 rings (SSSR count). The standard InChI is InChI=1S/C14H15NO3S/c1-9-7-11(4-5-12(9)15)19-8-10-3-6-13(18-10)14(16)17-2/h3-7H,8,15H2,1-2H3. The van der Waals surface area contributed by atoms with Gasteiger partial charge in [0.15, 0.2) is 0 Å². The average molecular weight is 277 g/mol. The SMILES string of the molecule is COC(=O)c1ccc(CSc2ccc(N)c(C)c2)o1. The van der Waals surface area contributed by atoms with Crippen LogP contribution in [0, 0.1) is 6.92 Å². The van der Waals surface area contributed by atoms with Crippen LogP contribution in [0.4, 0.5) is 5.69 Å². The van der Waals surface area contributed by atoms with Gasteiger partial charge in [0, 0.05) is 10.6 Å². The molecule has 0 amide bonds. The summed E-state index contributed by atoms with van der Waals surface area (Å²) in [5.74, 6) is 1.16. The quantitative estimate of drug-likeness (QED) is 0.528. The van der Waals surface area contributed by atoms with Crippen LogP contribution < -0.4 is 5.73 Å². The van der Waals surface area contributed by atoms with Gasteiger partial charge in [-0.05, 0) is 42.8 Å². The van der Waals surface area contributed by atoms with Gasteiger partial charge in [0.25, 0.3) is 0 Å². The second kappa shape index (κ2) is 5.84. The Labute approximate surface area is 115 Å². The lowest BCUT2D eigenvalue weighted by atomic mass is 10.2. The van der Waals surface area contributed by atoms with E-state index < -0.39 is 5.97 Å². The number of anilines is 1. The van der Waals surface area contributed by atoms with Gasteiger partial charge in [-0.1, -0.05) is 0 Å². The van der Waals surface area contributed by atoms with Gasteiger partial charge in [0.05, 0.1) is 12.9 Å². The number of esters is 1. The molecular formula is C14H15NO3S. The molecule has 2 N–H and O–H groups in total. The van der Waals surface area contributed by atoms with Crippen LogP contribution >= 0.6 is 11.8 Å². The summed E-state index contributed by atoms with van der Waals surface area (Å²) in [6.45, 7) is 1.97. The van der Waals surface area contributed by atoms with E-state index >= 15 is 0 Å². The minimum absolute atomic E-state index is 0.228. The molecule has 1 aromatic heterocycles. The zero-order chi connectivity index (χ0) is 13.8. The Morgan fingerprint density at radius 2 is 2.16 bits per heavy atom. The Morgan fingerprint density at radius 1 is 1.37 bits per heavy atom. The molecule has 1 heterocycles. The van der Waals surface area contributed by atoms with Crippen molar-refractivity contribution in [3.63, 3.8) is 0 Å². The average Bonchev–Trinajstić information content (AvgIpc) is 2.88. The van der Waals surface area contributed by atoms with Crippen molar-refractivity contribution in [3.8, 4) is 0 Å². The van der Waals surface area contributed by atoms with Gasteiger partial charge in [-0.15, -0.1) is 11.8 Å². The minimum atomic E-state index is -0.459. The Balaban J connectivity index is 2.00. The maximum Gasteiger partial charge on any atom is 0.373 e.